The van der Waals surface area contributed by atoms with Crippen LogP contribution >= 0.6 is 35.0 Å². The zero-order chi connectivity index (χ0) is 17.7. The fourth-order valence-electron chi connectivity index (χ4n) is 1.88. The van der Waals surface area contributed by atoms with Crippen LogP contribution in [0.4, 0.5) is 18.9 Å². The lowest BCUT2D eigenvalue weighted by Gasteiger charge is -2.27. The minimum absolute atomic E-state index is 0.325. The van der Waals surface area contributed by atoms with Crippen LogP contribution in [-0.4, -0.2) is 47.7 Å². The van der Waals surface area contributed by atoms with Crippen molar-refractivity contribution in [3.63, 3.8) is 0 Å². The number of aliphatic imine (C=N–C) groups is 1. The number of hydrogen-bond acceptors (Lipinski definition) is 4. The molecule has 1 aromatic rings. The average Bonchev–Trinajstić information content (AvgIpc) is 2.50. The molecule has 1 aliphatic heterocycles. The van der Waals surface area contributed by atoms with Crippen molar-refractivity contribution in [1.29, 1.82) is 0 Å². The molecule has 0 bridgehead atoms. The van der Waals surface area contributed by atoms with Gasteiger partial charge in [0, 0.05) is 12.3 Å². The highest BCUT2D eigenvalue weighted by atomic mass is 35.5. The Hall–Kier alpha value is -0.960. The minimum atomic E-state index is -4.46. The molecule has 1 aromatic carbocycles. The van der Waals surface area contributed by atoms with Gasteiger partial charge in [-0.3, -0.25) is 9.69 Å². The summed E-state index contributed by atoms with van der Waals surface area (Å²) in [6, 6.07) is 4.77. The highest BCUT2D eigenvalue weighted by Crippen LogP contribution is 2.29. The molecule has 0 atom stereocenters. The number of carbonyl (C=O) groups excluding carboxylic acids is 1. The summed E-state index contributed by atoms with van der Waals surface area (Å²) in [5.41, 5.74) is 0.503. The number of benzene rings is 1. The number of amidine groups is 1. The van der Waals surface area contributed by atoms with Crippen molar-refractivity contribution < 1.29 is 22.7 Å². The van der Waals surface area contributed by atoms with Crippen LogP contribution in [0.3, 0.4) is 0 Å². The van der Waals surface area contributed by atoms with E-state index in [9.17, 15) is 18.0 Å². The molecular weight excluding hydrogens is 388 g/mol. The van der Waals surface area contributed by atoms with Gasteiger partial charge in [0.05, 0.1) is 15.7 Å². The van der Waals surface area contributed by atoms with E-state index in [1.165, 1.54) is 16.7 Å². The summed E-state index contributed by atoms with van der Waals surface area (Å²) in [4.78, 5) is 17.8. The molecule has 1 heterocycles. The van der Waals surface area contributed by atoms with E-state index in [4.69, 9.17) is 23.2 Å². The summed E-state index contributed by atoms with van der Waals surface area (Å²) in [6.07, 6.45) is -3.75. The smallest absolute Gasteiger partial charge is 0.362 e. The lowest BCUT2D eigenvalue weighted by atomic mass is 10.3. The van der Waals surface area contributed by atoms with E-state index in [0.29, 0.717) is 27.4 Å². The van der Waals surface area contributed by atoms with Crippen molar-refractivity contribution in [3.8, 4) is 0 Å². The Morgan fingerprint density at radius 3 is 2.75 bits per heavy atom. The molecule has 132 valence electrons. The van der Waals surface area contributed by atoms with Crippen molar-refractivity contribution in [2.45, 2.75) is 12.6 Å². The van der Waals surface area contributed by atoms with Gasteiger partial charge >= 0.3 is 6.18 Å². The van der Waals surface area contributed by atoms with E-state index in [1.807, 2.05) is 0 Å². The topological polar surface area (TPSA) is 41.9 Å². The molecule has 0 N–H and O–H groups in total. The summed E-state index contributed by atoms with van der Waals surface area (Å²) >= 11 is 13.1. The summed E-state index contributed by atoms with van der Waals surface area (Å²) in [6.45, 7) is -1.74. The summed E-state index contributed by atoms with van der Waals surface area (Å²) in [5, 5.41) is 1.11. The standard InChI is InChI=1S/C14H13Cl2F3N2O2S/c15-10-3-2-9(6-11(10)16)20-13-21(4-1-5-24-13)12(22)7-23-8-14(17,18)19/h2-3,6H,1,4-5,7-8H2. The van der Waals surface area contributed by atoms with E-state index in [2.05, 4.69) is 9.73 Å². The van der Waals surface area contributed by atoms with Gasteiger partial charge in [0.15, 0.2) is 5.17 Å². The first-order valence-electron chi connectivity index (χ1n) is 6.87. The molecule has 1 amide bonds. The molecule has 1 aliphatic rings. The zero-order valence-corrected chi connectivity index (χ0v) is 14.6. The van der Waals surface area contributed by atoms with Gasteiger partial charge in [0.2, 0.25) is 0 Å². The van der Waals surface area contributed by atoms with Gasteiger partial charge in [0.25, 0.3) is 5.91 Å². The molecule has 2 rings (SSSR count). The molecule has 0 unspecified atom stereocenters. The Bertz CT molecular complexity index is 641. The largest absolute Gasteiger partial charge is 0.411 e. The Morgan fingerprint density at radius 2 is 2.08 bits per heavy atom. The third kappa shape index (κ3) is 5.84. The monoisotopic (exact) mass is 400 g/mol. The zero-order valence-electron chi connectivity index (χ0n) is 12.3. The lowest BCUT2D eigenvalue weighted by Crippen LogP contribution is -2.41. The first kappa shape index (κ1) is 19.4. The van der Waals surface area contributed by atoms with Gasteiger partial charge in [-0.2, -0.15) is 13.2 Å². The van der Waals surface area contributed by atoms with Gasteiger partial charge in [-0.15, -0.1) is 0 Å². The molecule has 0 aliphatic carbocycles. The van der Waals surface area contributed by atoms with Crippen LogP contribution in [0.15, 0.2) is 23.2 Å². The Kier molecular flexibility index (Phi) is 6.79. The van der Waals surface area contributed by atoms with Crippen LogP contribution < -0.4 is 0 Å². The Labute approximate surface area is 151 Å². The van der Waals surface area contributed by atoms with Gasteiger partial charge in [-0.1, -0.05) is 35.0 Å². The van der Waals surface area contributed by atoms with E-state index < -0.39 is 25.3 Å². The molecule has 0 aromatic heterocycles. The fourth-order valence-corrected chi connectivity index (χ4v) is 3.15. The van der Waals surface area contributed by atoms with Crippen molar-refractivity contribution >= 4 is 51.7 Å². The maximum atomic E-state index is 12.1. The van der Waals surface area contributed by atoms with Crippen LogP contribution in [0, 0.1) is 0 Å². The number of thioether (sulfide) groups is 1. The van der Waals surface area contributed by atoms with Crippen LogP contribution in [0.5, 0.6) is 0 Å². The van der Waals surface area contributed by atoms with Crippen LogP contribution in [-0.2, 0) is 9.53 Å². The van der Waals surface area contributed by atoms with Crippen molar-refractivity contribution in [1.82, 2.24) is 4.90 Å². The minimum Gasteiger partial charge on any atom is -0.362 e. The van der Waals surface area contributed by atoms with E-state index in [0.717, 1.165) is 12.2 Å². The first-order chi connectivity index (χ1) is 11.3. The van der Waals surface area contributed by atoms with Crippen molar-refractivity contribution in [2.24, 2.45) is 4.99 Å². The van der Waals surface area contributed by atoms with Gasteiger partial charge in [-0.05, 0) is 24.6 Å². The maximum absolute atomic E-state index is 12.1. The van der Waals surface area contributed by atoms with Crippen LogP contribution in [0.1, 0.15) is 6.42 Å². The van der Waals surface area contributed by atoms with Crippen LogP contribution in [0.2, 0.25) is 10.0 Å². The highest BCUT2D eigenvalue weighted by Gasteiger charge is 2.29. The van der Waals surface area contributed by atoms with E-state index in [-0.39, 0.29) is 0 Å². The third-order valence-corrected chi connectivity index (χ3v) is 4.71. The predicted molar refractivity (Wildman–Crippen MR) is 89.2 cm³/mol. The number of rotatable bonds is 4. The average molecular weight is 401 g/mol. The fraction of sp³-hybridized carbons (Fsp3) is 0.429. The SMILES string of the molecule is O=C(COCC(F)(F)F)N1CCCSC1=Nc1ccc(Cl)c(Cl)c1. The molecule has 24 heavy (non-hydrogen) atoms. The van der Waals surface area contributed by atoms with Gasteiger partial charge in [-0.25, -0.2) is 4.99 Å². The number of halogens is 5. The number of nitrogens with zero attached hydrogens (tertiary/aromatic N) is 2. The number of ether oxygens (including phenoxy) is 1. The van der Waals surface area contributed by atoms with Gasteiger partial charge < -0.3 is 4.74 Å². The number of hydrogen-bond donors (Lipinski definition) is 0. The van der Waals surface area contributed by atoms with Gasteiger partial charge in [0.1, 0.15) is 13.2 Å². The number of carbonyl (C=O) groups is 1. The number of alkyl halides is 3. The Balaban J connectivity index is 2.07. The second kappa shape index (κ2) is 8.42. The first-order valence-corrected chi connectivity index (χ1v) is 8.62. The molecule has 4 nitrogen and oxygen atoms in total. The molecule has 10 heteroatoms. The molecule has 1 fully saturated rings. The molecular formula is C14H13Cl2F3N2O2S. The van der Waals surface area contributed by atoms with Crippen molar-refractivity contribution in [2.75, 3.05) is 25.5 Å². The molecule has 0 saturated carbocycles. The maximum Gasteiger partial charge on any atom is 0.411 e. The summed E-state index contributed by atoms with van der Waals surface area (Å²) < 4.78 is 40.7. The quantitative estimate of drug-likeness (QED) is 0.745. The van der Waals surface area contributed by atoms with E-state index >= 15 is 0 Å². The lowest BCUT2D eigenvalue weighted by molar-refractivity contribution is -0.176. The van der Waals surface area contributed by atoms with Crippen LogP contribution in [0.25, 0.3) is 0 Å². The predicted octanol–water partition coefficient (Wildman–Crippen LogP) is 4.53. The Morgan fingerprint density at radius 1 is 1.33 bits per heavy atom. The summed E-state index contributed by atoms with van der Waals surface area (Å²) in [5.74, 6) is 0.193. The molecule has 0 spiro atoms. The van der Waals surface area contributed by atoms with E-state index in [1.54, 1.807) is 18.2 Å². The third-order valence-electron chi connectivity index (χ3n) is 2.91. The normalized spacial score (nSPS) is 17.4. The second-order valence-electron chi connectivity index (χ2n) is 4.85. The van der Waals surface area contributed by atoms with Crippen molar-refractivity contribution in [3.05, 3.63) is 28.2 Å². The summed E-state index contributed by atoms with van der Waals surface area (Å²) in [7, 11) is 0. The number of amides is 1. The highest BCUT2D eigenvalue weighted by molar-refractivity contribution is 8.13. The molecule has 0 radical (unpaired) electrons. The second-order valence-corrected chi connectivity index (χ2v) is 6.72. The molecule has 1 saturated heterocycles.